The van der Waals surface area contributed by atoms with Crippen molar-refractivity contribution in [1.29, 1.82) is 0 Å². The Morgan fingerprint density at radius 2 is 2.26 bits per heavy atom. The zero-order valence-corrected chi connectivity index (χ0v) is 12.7. The second-order valence-electron chi connectivity index (χ2n) is 5.38. The molecular formula is C16H20FNO5. The number of benzene rings is 1. The summed E-state index contributed by atoms with van der Waals surface area (Å²) >= 11 is 0. The van der Waals surface area contributed by atoms with Crippen LogP contribution in [-0.4, -0.2) is 42.9 Å². The molecule has 1 heterocycles. The summed E-state index contributed by atoms with van der Waals surface area (Å²) in [4.78, 5) is 22.3. The average Bonchev–Trinajstić information content (AvgIpc) is 2.99. The Morgan fingerprint density at radius 3 is 2.91 bits per heavy atom. The van der Waals surface area contributed by atoms with E-state index in [0.29, 0.717) is 12.3 Å². The van der Waals surface area contributed by atoms with Gasteiger partial charge in [0.1, 0.15) is 5.82 Å². The van der Waals surface area contributed by atoms with Crippen molar-refractivity contribution in [3.63, 3.8) is 0 Å². The van der Waals surface area contributed by atoms with Gasteiger partial charge in [0.25, 0.3) is 0 Å². The van der Waals surface area contributed by atoms with Gasteiger partial charge in [-0.3, -0.25) is 9.59 Å². The highest BCUT2D eigenvalue weighted by atomic mass is 19.1. The fourth-order valence-corrected chi connectivity index (χ4v) is 2.31. The molecule has 0 aliphatic carbocycles. The van der Waals surface area contributed by atoms with E-state index in [4.69, 9.17) is 14.6 Å². The Balaban J connectivity index is 1.71. The Labute approximate surface area is 133 Å². The number of ether oxygens (including phenoxy) is 2. The fraction of sp³-hybridized carbons (Fsp3) is 0.500. The molecule has 2 rings (SSSR count). The minimum atomic E-state index is -1.11. The van der Waals surface area contributed by atoms with E-state index in [1.165, 1.54) is 12.1 Å². The van der Waals surface area contributed by atoms with Crippen LogP contribution in [-0.2, 0) is 25.5 Å². The van der Waals surface area contributed by atoms with Gasteiger partial charge in [-0.1, -0.05) is 6.07 Å². The number of halogens is 1. The van der Waals surface area contributed by atoms with Crippen molar-refractivity contribution >= 4 is 17.6 Å². The number of hydrogen-bond acceptors (Lipinski definition) is 4. The zero-order chi connectivity index (χ0) is 16.7. The number of hydrogen-bond donors (Lipinski definition) is 2. The van der Waals surface area contributed by atoms with Crippen molar-refractivity contribution in [3.8, 4) is 0 Å². The van der Waals surface area contributed by atoms with E-state index in [1.807, 2.05) is 0 Å². The van der Waals surface area contributed by atoms with Crippen LogP contribution in [0.3, 0.4) is 0 Å². The minimum absolute atomic E-state index is 0.0791. The molecule has 1 amide bonds. The molecule has 0 bridgehead atoms. The van der Waals surface area contributed by atoms with Crippen LogP contribution in [0.4, 0.5) is 10.1 Å². The molecule has 23 heavy (non-hydrogen) atoms. The third-order valence-corrected chi connectivity index (χ3v) is 3.48. The Kier molecular flexibility index (Phi) is 6.49. The van der Waals surface area contributed by atoms with Gasteiger partial charge in [0.2, 0.25) is 5.91 Å². The van der Waals surface area contributed by atoms with Gasteiger partial charge in [-0.2, -0.15) is 0 Å². The maximum absolute atomic E-state index is 13.7. The van der Waals surface area contributed by atoms with E-state index in [1.54, 1.807) is 0 Å². The van der Waals surface area contributed by atoms with Gasteiger partial charge in [0.05, 0.1) is 32.2 Å². The highest BCUT2D eigenvalue weighted by Gasteiger charge is 2.15. The zero-order valence-electron chi connectivity index (χ0n) is 12.7. The third-order valence-electron chi connectivity index (χ3n) is 3.48. The van der Waals surface area contributed by atoms with Crippen LogP contribution < -0.4 is 5.32 Å². The molecule has 2 N–H and O–H groups in total. The van der Waals surface area contributed by atoms with Gasteiger partial charge in [0, 0.05) is 12.3 Å². The molecule has 1 fully saturated rings. The van der Waals surface area contributed by atoms with Gasteiger partial charge in [0.15, 0.2) is 0 Å². The highest BCUT2D eigenvalue weighted by molar-refractivity contribution is 5.90. The maximum atomic E-state index is 13.7. The molecule has 0 radical (unpaired) electrons. The number of carbonyl (C=O) groups excluding carboxylic acids is 1. The van der Waals surface area contributed by atoms with Gasteiger partial charge >= 0.3 is 5.97 Å². The summed E-state index contributed by atoms with van der Waals surface area (Å²) in [6, 6.07) is 3.95. The molecule has 1 aromatic rings. The van der Waals surface area contributed by atoms with Crippen molar-refractivity contribution in [2.24, 2.45) is 0 Å². The quantitative estimate of drug-likeness (QED) is 0.714. The summed E-state index contributed by atoms with van der Waals surface area (Å²) in [5.74, 6) is -2.05. The van der Waals surface area contributed by atoms with Crippen molar-refractivity contribution in [3.05, 3.63) is 29.6 Å². The van der Waals surface area contributed by atoms with Crippen LogP contribution >= 0.6 is 0 Å². The SMILES string of the molecule is O=C(O)Cc1ccc(NC(=O)CCOCC2CCCO2)cc1F. The van der Waals surface area contributed by atoms with E-state index < -0.39 is 18.2 Å². The second-order valence-corrected chi connectivity index (χ2v) is 5.38. The minimum Gasteiger partial charge on any atom is -0.481 e. The Hall–Kier alpha value is -1.99. The fourth-order valence-electron chi connectivity index (χ4n) is 2.31. The third kappa shape index (κ3) is 5.96. The first kappa shape index (κ1) is 17.4. The first-order valence-electron chi connectivity index (χ1n) is 7.54. The summed E-state index contributed by atoms with van der Waals surface area (Å²) < 4.78 is 24.5. The number of carbonyl (C=O) groups is 2. The lowest BCUT2D eigenvalue weighted by Crippen LogP contribution is -2.18. The molecule has 0 aromatic heterocycles. The van der Waals surface area contributed by atoms with Crippen molar-refractivity contribution < 1.29 is 28.6 Å². The van der Waals surface area contributed by atoms with Crippen LogP contribution in [0, 0.1) is 5.82 Å². The lowest BCUT2D eigenvalue weighted by atomic mass is 10.1. The average molecular weight is 325 g/mol. The number of carboxylic acids is 1. The molecule has 6 nitrogen and oxygen atoms in total. The molecule has 1 saturated heterocycles. The molecule has 126 valence electrons. The van der Waals surface area contributed by atoms with Crippen molar-refractivity contribution in [2.75, 3.05) is 25.1 Å². The molecule has 7 heteroatoms. The molecular weight excluding hydrogens is 305 g/mol. The van der Waals surface area contributed by atoms with Crippen LogP contribution in [0.1, 0.15) is 24.8 Å². The smallest absolute Gasteiger partial charge is 0.307 e. The standard InChI is InChI=1S/C16H20FNO5/c17-14-9-12(4-3-11(14)8-16(20)21)18-15(19)5-7-22-10-13-2-1-6-23-13/h3-4,9,13H,1-2,5-8,10H2,(H,18,19)(H,20,21). The topological polar surface area (TPSA) is 84.9 Å². The predicted molar refractivity (Wildman–Crippen MR) is 80.8 cm³/mol. The lowest BCUT2D eigenvalue weighted by molar-refractivity contribution is -0.136. The molecule has 1 unspecified atom stereocenters. The Bertz CT molecular complexity index is 557. The Morgan fingerprint density at radius 1 is 1.43 bits per heavy atom. The first-order chi connectivity index (χ1) is 11.0. The molecule has 1 aromatic carbocycles. The number of aliphatic carboxylic acids is 1. The number of nitrogens with one attached hydrogen (secondary N) is 1. The van der Waals surface area contributed by atoms with E-state index >= 15 is 0 Å². The van der Waals surface area contributed by atoms with E-state index in [9.17, 15) is 14.0 Å². The second kappa shape index (κ2) is 8.59. The van der Waals surface area contributed by atoms with E-state index in [0.717, 1.165) is 25.5 Å². The summed E-state index contributed by atoms with van der Waals surface area (Å²) in [6.07, 6.45) is 1.91. The summed E-state index contributed by atoms with van der Waals surface area (Å²) in [7, 11) is 0. The number of rotatable bonds is 8. The normalized spacial score (nSPS) is 17.2. The first-order valence-corrected chi connectivity index (χ1v) is 7.54. The summed E-state index contributed by atoms with van der Waals surface area (Å²) in [5.41, 5.74) is 0.371. The largest absolute Gasteiger partial charge is 0.481 e. The molecule has 1 aliphatic heterocycles. The van der Waals surface area contributed by atoms with Crippen molar-refractivity contribution in [2.45, 2.75) is 31.8 Å². The number of anilines is 1. The van der Waals surface area contributed by atoms with Crippen LogP contribution in [0.25, 0.3) is 0 Å². The summed E-state index contributed by atoms with van der Waals surface area (Å²) in [6.45, 7) is 1.51. The van der Waals surface area contributed by atoms with Crippen molar-refractivity contribution in [1.82, 2.24) is 0 Å². The molecule has 0 saturated carbocycles. The molecule has 0 spiro atoms. The number of carboxylic acid groups (broad SMARTS) is 1. The van der Waals surface area contributed by atoms with Gasteiger partial charge < -0.3 is 19.9 Å². The van der Waals surface area contributed by atoms with Crippen LogP contribution in [0.15, 0.2) is 18.2 Å². The van der Waals surface area contributed by atoms with E-state index in [2.05, 4.69) is 5.32 Å². The van der Waals surface area contributed by atoms with Crippen LogP contribution in [0.2, 0.25) is 0 Å². The maximum Gasteiger partial charge on any atom is 0.307 e. The molecule has 1 atom stereocenters. The monoisotopic (exact) mass is 325 g/mol. The summed E-state index contributed by atoms with van der Waals surface area (Å²) in [5, 5.41) is 11.2. The highest BCUT2D eigenvalue weighted by Crippen LogP contribution is 2.16. The molecule has 1 aliphatic rings. The van der Waals surface area contributed by atoms with Gasteiger partial charge in [-0.25, -0.2) is 4.39 Å². The van der Waals surface area contributed by atoms with Crippen LogP contribution in [0.5, 0.6) is 0 Å². The predicted octanol–water partition coefficient (Wildman–Crippen LogP) is 1.98. The van der Waals surface area contributed by atoms with Gasteiger partial charge in [-0.05, 0) is 30.5 Å². The van der Waals surface area contributed by atoms with E-state index in [-0.39, 0.29) is 30.6 Å². The van der Waals surface area contributed by atoms with Gasteiger partial charge in [-0.15, -0.1) is 0 Å². The number of amides is 1. The lowest BCUT2D eigenvalue weighted by Gasteiger charge is -2.10.